The molecule has 0 aromatic heterocycles. The molecule has 3 N–H and O–H groups in total. The number of benzene rings is 1. The zero-order chi connectivity index (χ0) is 15.5. The molecule has 1 aliphatic rings. The molecular weight excluding hydrogens is 316 g/mol. The first kappa shape index (κ1) is 16.2. The van der Waals surface area contributed by atoms with Crippen molar-refractivity contribution in [1.29, 1.82) is 0 Å². The van der Waals surface area contributed by atoms with Crippen molar-refractivity contribution in [1.82, 2.24) is 5.32 Å². The number of amides is 1. The van der Waals surface area contributed by atoms with Gasteiger partial charge >= 0.3 is 0 Å². The van der Waals surface area contributed by atoms with E-state index in [1.807, 2.05) is 0 Å². The number of carbonyl (C=O) groups is 1. The molecule has 1 aromatic rings. The lowest BCUT2D eigenvalue weighted by Gasteiger charge is -2.22. The van der Waals surface area contributed by atoms with Gasteiger partial charge in [-0.15, -0.1) is 0 Å². The standard InChI is InChI=1S/C13H17ClN2O4S/c14-12-5-4-10(21(15,18)19)7-11(12)13(17)16-8-9-3-1-2-6-20-9/h4-5,7,9H,1-3,6,8H2,(H,16,17)(H2,15,18,19). The molecule has 0 radical (unpaired) electrons. The van der Waals surface area contributed by atoms with Gasteiger partial charge in [0.2, 0.25) is 10.0 Å². The summed E-state index contributed by atoms with van der Waals surface area (Å²) in [7, 11) is -3.87. The van der Waals surface area contributed by atoms with Crippen molar-refractivity contribution < 1.29 is 17.9 Å². The van der Waals surface area contributed by atoms with Crippen LogP contribution < -0.4 is 10.5 Å². The number of nitrogens with one attached hydrogen (secondary N) is 1. The Morgan fingerprint density at radius 3 is 2.81 bits per heavy atom. The minimum atomic E-state index is -3.87. The van der Waals surface area contributed by atoms with E-state index in [2.05, 4.69) is 5.32 Å². The Labute approximate surface area is 128 Å². The largest absolute Gasteiger partial charge is 0.376 e. The first-order valence-electron chi connectivity index (χ1n) is 6.60. The molecule has 0 aliphatic carbocycles. The van der Waals surface area contributed by atoms with E-state index in [0.717, 1.165) is 19.3 Å². The Kier molecular flexibility index (Phi) is 5.21. The molecule has 1 aliphatic heterocycles. The van der Waals surface area contributed by atoms with Gasteiger partial charge in [-0.25, -0.2) is 13.6 Å². The third kappa shape index (κ3) is 4.41. The van der Waals surface area contributed by atoms with Gasteiger partial charge in [0.05, 0.1) is 21.6 Å². The van der Waals surface area contributed by atoms with Crippen LogP contribution in [0.15, 0.2) is 23.1 Å². The van der Waals surface area contributed by atoms with Crippen LogP contribution in [0.4, 0.5) is 0 Å². The quantitative estimate of drug-likeness (QED) is 0.867. The molecule has 1 heterocycles. The van der Waals surface area contributed by atoms with Gasteiger partial charge in [0.25, 0.3) is 5.91 Å². The van der Waals surface area contributed by atoms with Crippen LogP contribution in [0.2, 0.25) is 5.02 Å². The van der Waals surface area contributed by atoms with Crippen molar-refractivity contribution >= 4 is 27.5 Å². The fourth-order valence-electron chi connectivity index (χ4n) is 2.13. The second-order valence-electron chi connectivity index (χ2n) is 4.89. The SMILES string of the molecule is NS(=O)(=O)c1ccc(Cl)c(C(=O)NCC2CCCCO2)c1. The maximum Gasteiger partial charge on any atom is 0.252 e. The number of carbonyl (C=O) groups excluding carboxylic acids is 1. The fourth-order valence-corrected chi connectivity index (χ4v) is 2.87. The molecule has 6 nitrogen and oxygen atoms in total. The zero-order valence-corrected chi connectivity index (χ0v) is 12.9. The summed E-state index contributed by atoms with van der Waals surface area (Å²) in [5.74, 6) is -0.445. The molecule has 21 heavy (non-hydrogen) atoms. The van der Waals surface area contributed by atoms with E-state index in [4.69, 9.17) is 21.5 Å². The van der Waals surface area contributed by atoms with Crippen molar-refractivity contribution in [3.63, 3.8) is 0 Å². The van der Waals surface area contributed by atoms with Gasteiger partial charge in [0, 0.05) is 13.2 Å². The Morgan fingerprint density at radius 1 is 1.43 bits per heavy atom. The molecule has 0 bridgehead atoms. The van der Waals surface area contributed by atoms with Gasteiger partial charge in [0.1, 0.15) is 0 Å². The van der Waals surface area contributed by atoms with Crippen LogP contribution in [-0.2, 0) is 14.8 Å². The summed E-state index contributed by atoms with van der Waals surface area (Å²) in [6.07, 6.45) is 2.99. The monoisotopic (exact) mass is 332 g/mol. The van der Waals surface area contributed by atoms with E-state index < -0.39 is 15.9 Å². The highest BCUT2D eigenvalue weighted by Crippen LogP contribution is 2.20. The molecule has 1 aromatic carbocycles. The summed E-state index contributed by atoms with van der Waals surface area (Å²) in [4.78, 5) is 12.0. The molecule has 8 heteroatoms. The number of nitrogens with two attached hydrogens (primary N) is 1. The van der Waals surface area contributed by atoms with Crippen LogP contribution in [0.25, 0.3) is 0 Å². The predicted octanol–water partition coefficient (Wildman–Crippen LogP) is 1.29. The normalized spacial score (nSPS) is 19.2. The number of rotatable bonds is 4. The summed E-state index contributed by atoms with van der Waals surface area (Å²) >= 11 is 5.93. The average Bonchev–Trinajstić information content (AvgIpc) is 2.45. The van der Waals surface area contributed by atoms with Crippen LogP contribution in [0.3, 0.4) is 0 Å². The summed E-state index contributed by atoms with van der Waals surface area (Å²) in [5.41, 5.74) is 0.0824. The topological polar surface area (TPSA) is 98.5 Å². The first-order chi connectivity index (χ1) is 9.88. The molecule has 116 valence electrons. The number of hydrogen-bond acceptors (Lipinski definition) is 4. The number of hydrogen-bond donors (Lipinski definition) is 2. The van der Waals surface area contributed by atoms with Crippen LogP contribution in [0.1, 0.15) is 29.6 Å². The molecule has 1 amide bonds. The highest BCUT2D eigenvalue weighted by atomic mass is 35.5. The lowest BCUT2D eigenvalue weighted by molar-refractivity contribution is 0.0169. The molecule has 1 fully saturated rings. The molecule has 0 spiro atoms. The maximum absolute atomic E-state index is 12.1. The van der Waals surface area contributed by atoms with Crippen molar-refractivity contribution in [3.05, 3.63) is 28.8 Å². The third-order valence-corrected chi connectivity index (χ3v) is 4.52. The fraction of sp³-hybridized carbons (Fsp3) is 0.462. The van der Waals surface area contributed by atoms with E-state index in [1.165, 1.54) is 18.2 Å². The lowest BCUT2D eigenvalue weighted by atomic mass is 10.1. The van der Waals surface area contributed by atoms with E-state index in [-0.39, 0.29) is 21.6 Å². The third-order valence-electron chi connectivity index (χ3n) is 3.28. The van der Waals surface area contributed by atoms with Gasteiger partial charge in [0.15, 0.2) is 0 Å². The van der Waals surface area contributed by atoms with Crippen molar-refractivity contribution in [2.75, 3.05) is 13.2 Å². The van der Waals surface area contributed by atoms with Crippen molar-refractivity contribution in [2.45, 2.75) is 30.3 Å². The van der Waals surface area contributed by atoms with Crippen LogP contribution >= 0.6 is 11.6 Å². The summed E-state index contributed by atoms with van der Waals surface area (Å²) < 4.78 is 28.1. The maximum atomic E-state index is 12.1. The molecule has 1 atom stereocenters. The van der Waals surface area contributed by atoms with Crippen molar-refractivity contribution in [3.8, 4) is 0 Å². The summed E-state index contributed by atoms with van der Waals surface area (Å²) in [6, 6.07) is 3.78. The van der Waals surface area contributed by atoms with E-state index in [1.54, 1.807) is 0 Å². The number of sulfonamides is 1. The molecule has 0 saturated carbocycles. The summed E-state index contributed by atoms with van der Waals surface area (Å²) in [6.45, 7) is 1.07. The second-order valence-corrected chi connectivity index (χ2v) is 6.85. The first-order valence-corrected chi connectivity index (χ1v) is 8.52. The highest BCUT2D eigenvalue weighted by molar-refractivity contribution is 7.89. The molecular formula is C13H17ClN2O4S. The van der Waals surface area contributed by atoms with Gasteiger partial charge in [-0.3, -0.25) is 4.79 Å². The second kappa shape index (κ2) is 6.74. The molecule has 1 unspecified atom stereocenters. The summed E-state index contributed by atoms with van der Waals surface area (Å²) in [5, 5.41) is 7.92. The Bertz CT molecular complexity index is 627. The van der Waals surface area contributed by atoms with Crippen LogP contribution in [0.5, 0.6) is 0 Å². The van der Waals surface area contributed by atoms with Crippen molar-refractivity contribution in [2.24, 2.45) is 5.14 Å². The Morgan fingerprint density at radius 2 is 2.19 bits per heavy atom. The smallest absolute Gasteiger partial charge is 0.252 e. The Hall–Kier alpha value is -1.15. The minimum Gasteiger partial charge on any atom is -0.376 e. The van der Waals surface area contributed by atoms with Gasteiger partial charge in [-0.2, -0.15) is 0 Å². The Balaban J connectivity index is 2.07. The van der Waals surface area contributed by atoms with Crippen LogP contribution in [0, 0.1) is 0 Å². The van der Waals surface area contributed by atoms with Crippen LogP contribution in [-0.4, -0.2) is 33.6 Å². The number of primary sulfonamides is 1. The highest BCUT2D eigenvalue weighted by Gasteiger charge is 2.18. The number of ether oxygens (including phenoxy) is 1. The van der Waals surface area contributed by atoms with E-state index in [9.17, 15) is 13.2 Å². The average molecular weight is 333 g/mol. The van der Waals surface area contributed by atoms with E-state index in [0.29, 0.717) is 13.2 Å². The minimum absolute atomic E-state index is 0.0112. The lowest BCUT2D eigenvalue weighted by Crippen LogP contribution is -2.35. The molecule has 2 rings (SSSR count). The van der Waals surface area contributed by atoms with Gasteiger partial charge in [-0.1, -0.05) is 11.6 Å². The van der Waals surface area contributed by atoms with E-state index >= 15 is 0 Å². The zero-order valence-electron chi connectivity index (χ0n) is 11.3. The predicted molar refractivity (Wildman–Crippen MR) is 78.7 cm³/mol. The number of halogens is 1. The molecule has 1 saturated heterocycles. The van der Waals surface area contributed by atoms with Gasteiger partial charge in [-0.05, 0) is 37.5 Å². The van der Waals surface area contributed by atoms with Gasteiger partial charge < -0.3 is 10.1 Å².